The zero-order valence-corrected chi connectivity index (χ0v) is 31.2. The van der Waals surface area contributed by atoms with Crippen molar-refractivity contribution >= 4 is 11.9 Å². The maximum absolute atomic E-state index is 14.3. The molecule has 16 atom stereocenters. The number of cyclic esters (lactones) is 1. The number of aliphatic hydroxyl groups excluding tert-OH is 1. The number of aliphatic hydroxyl groups is 1. The van der Waals surface area contributed by atoms with Gasteiger partial charge in [-0.2, -0.15) is 0 Å². The molecule has 2 saturated carbocycles. The summed E-state index contributed by atoms with van der Waals surface area (Å²) in [6, 6.07) is 17.3. The van der Waals surface area contributed by atoms with Crippen LogP contribution in [0.15, 0.2) is 65.7 Å². The van der Waals surface area contributed by atoms with Crippen LogP contribution in [0, 0.1) is 34.0 Å². The summed E-state index contributed by atoms with van der Waals surface area (Å²) in [5.41, 5.74) is -0.610. The molecule has 2 aromatic rings. The second kappa shape index (κ2) is 11.8. The van der Waals surface area contributed by atoms with Crippen molar-refractivity contribution in [1.29, 1.82) is 0 Å². The molecule has 0 aromatic heterocycles. The Balaban J connectivity index is 1.04. The van der Waals surface area contributed by atoms with Crippen molar-refractivity contribution in [2.24, 2.45) is 34.0 Å². The van der Waals surface area contributed by atoms with Gasteiger partial charge < -0.3 is 52.5 Å². The number of ether oxygens (including phenoxy) is 10. The number of benzene rings is 2. The smallest absolute Gasteiger partial charge is 0.317 e. The number of carbonyl (C=O) groups excluding carboxylic acids is 2. The van der Waals surface area contributed by atoms with Crippen LogP contribution in [0.4, 0.5) is 0 Å². The van der Waals surface area contributed by atoms with Crippen LogP contribution in [0.3, 0.4) is 0 Å². The van der Waals surface area contributed by atoms with Crippen LogP contribution >= 0.6 is 0 Å². The van der Waals surface area contributed by atoms with Crippen LogP contribution in [0.1, 0.15) is 56.8 Å². The molecule has 1 unspecified atom stereocenters. The number of esters is 2. The van der Waals surface area contributed by atoms with E-state index in [1.807, 2.05) is 61.5 Å². The summed E-state index contributed by atoms with van der Waals surface area (Å²) in [6.07, 6.45) is -5.08. The predicted molar refractivity (Wildman–Crippen MR) is 187 cm³/mol. The van der Waals surface area contributed by atoms with Gasteiger partial charge in [0.05, 0.1) is 64.4 Å². The standard InChI is InChI=1S/C42H46O13/c1-20-24-14-25(51-38-42(24)29(17-48-38)54-36(55-42)22-10-12-23(46-3)13-11-22)31(20)39(2)26-15-30(43)49-18-40(26)27-16-28(53-35(52-27)21-8-6-5-7-9-21)41(37(45)47-4)19-50-32(33(40)41)34(39)44/h5-13,24-29,32-36,38,44H,14-19H2,1-4H3/t24-,25+,26+,27+,28-,29-,32-,33+,34+,35+,36?,38-,39-,40+,41-,42-/m1/s1. The number of fused-ring (bicyclic) bond motifs is 5. The third kappa shape index (κ3) is 4.20. The maximum atomic E-state index is 14.3. The van der Waals surface area contributed by atoms with Gasteiger partial charge in [-0.1, -0.05) is 55.0 Å². The minimum atomic E-state index is -1.27. The van der Waals surface area contributed by atoms with E-state index in [0.717, 1.165) is 28.0 Å². The summed E-state index contributed by atoms with van der Waals surface area (Å²) in [5, 5.41) is 13.0. The van der Waals surface area contributed by atoms with Gasteiger partial charge in [0, 0.05) is 40.2 Å². The van der Waals surface area contributed by atoms with Gasteiger partial charge >= 0.3 is 11.9 Å². The largest absolute Gasteiger partial charge is 0.497 e. The van der Waals surface area contributed by atoms with Crippen molar-refractivity contribution < 1.29 is 62.1 Å². The molecule has 13 heteroatoms. The normalized spacial score (nSPS) is 48.7. The molecule has 0 amide bonds. The highest BCUT2D eigenvalue weighted by atomic mass is 16.8. The molecule has 2 spiro atoms. The Morgan fingerprint density at radius 1 is 0.873 bits per heavy atom. The van der Waals surface area contributed by atoms with E-state index in [1.165, 1.54) is 7.11 Å². The molecule has 9 aliphatic rings. The molecule has 8 fully saturated rings. The third-order valence-corrected chi connectivity index (χ3v) is 15.3. The van der Waals surface area contributed by atoms with Gasteiger partial charge in [-0.05, 0) is 37.0 Å². The van der Waals surface area contributed by atoms with E-state index in [-0.39, 0.29) is 31.5 Å². The Kier molecular flexibility index (Phi) is 7.49. The van der Waals surface area contributed by atoms with Crippen molar-refractivity contribution in [3.8, 4) is 5.75 Å². The summed E-state index contributed by atoms with van der Waals surface area (Å²) in [5.74, 6) is -1.40. The maximum Gasteiger partial charge on any atom is 0.317 e. The first-order valence-corrected chi connectivity index (χ1v) is 19.5. The molecule has 6 aliphatic heterocycles. The summed E-state index contributed by atoms with van der Waals surface area (Å²) in [6.45, 7) is 4.45. The Hall–Kier alpha value is -3.40. The van der Waals surface area contributed by atoms with Gasteiger partial charge in [0.25, 0.3) is 0 Å². The second-order valence-corrected chi connectivity index (χ2v) is 17.1. The Bertz CT molecular complexity index is 1950. The molecule has 3 aliphatic carbocycles. The number of rotatable bonds is 5. The topological polar surface area (TPSA) is 147 Å². The quantitative estimate of drug-likeness (QED) is 0.348. The minimum Gasteiger partial charge on any atom is -0.497 e. The second-order valence-electron chi connectivity index (χ2n) is 17.1. The monoisotopic (exact) mass is 758 g/mol. The van der Waals surface area contributed by atoms with Crippen molar-refractivity contribution in [2.45, 2.75) is 94.2 Å². The fourth-order valence-electron chi connectivity index (χ4n) is 13.1. The lowest BCUT2D eigenvalue weighted by Crippen LogP contribution is -2.77. The van der Waals surface area contributed by atoms with Crippen LogP contribution in [0.25, 0.3) is 0 Å². The molecule has 55 heavy (non-hydrogen) atoms. The van der Waals surface area contributed by atoms with Crippen molar-refractivity contribution in [1.82, 2.24) is 0 Å². The number of methoxy groups -OCH3 is 2. The molecular formula is C42H46O13. The van der Waals surface area contributed by atoms with E-state index in [2.05, 4.69) is 6.92 Å². The number of hydrogen-bond donors (Lipinski definition) is 1. The van der Waals surface area contributed by atoms with Gasteiger partial charge in [-0.3, -0.25) is 9.59 Å². The summed E-state index contributed by atoms with van der Waals surface area (Å²) >= 11 is 0. The highest BCUT2D eigenvalue weighted by Crippen LogP contribution is 2.74. The van der Waals surface area contributed by atoms with Crippen LogP contribution in [0.5, 0.6) is 5.75 Å². The predicted octanol–water partition coefficient (Wildman–Crippen LogP) is 3.93. The Morgan fingerprint density at radius 2 is 1.62 bits per heavy atom. The van der Waals surface area contributed by atoms with E-state index in [9.17, 15) is 14.7 Å². The van der Waals surface area contributed by atoms with Gasteiger partial charge in [-0.15, -0.1) is 0 Å². The molecule has 6 saturated heterocycles. The first-order chi connectivity index (χ1) is 26.6. The van der Waals surface area contributed by atoms with Crippen LogP contribution < -0.4 is 4.74 Å². The van der Waals surface area contributed by atoms with Gasteiger partial charge in [0.2, 0.25) is 0 Å². The lowest BCUT2D eigenvalue weighted by molar-refractivity contribution is -0.365. The summed E-state index contributed by atoms with van der Waals surface area (Å²) < 4.78 is 64.1. The fourth-order valence-corrected chi connectivity index (χ4v) is 13.1. The average Bonchev–Trinajstić information content (AvgIpc) is 3.97. The van der Waals surface area contributed by atoms with E-state index >= 15 is 0 Å². The van der Waals surface area contributed by atoms with E-state index < -0.39 is 95.1 Å². The fraction of sp³-hybridized carbons (Fsp3) is 0.619. The number of carbonyl (C=O) groups is 2. The van der Waals surface area contributed by atoms with Crippen LogP contribution in [-0.2, 0) is 52.2 Å². The minimum absolute atomic E-state index is 0.000493. The van der Waals surface area contributed by atoms with Gasteiger partial charge in [0.15, 0.2) is 24.5 Å². The summed E-state index contributed by atoms with van der Waals surface area (Å²) in [7, 11) is 3.01. The van der Waals surface area contributed by atoms with E-state index in [0.29, 0.717) is 19.4 Å². The van der Waals surface area contributed by atoms with Crippen molar-refractivity contribution in [2.75, 3.05) is 34.0 Å². The molecule has 2 aromatic carbocycles. The molecule has 4 bridgehead atoms. The third-order valence-electron chi connectivity index (χ3n) is 15.3. The SMILES string of the molecule is COC(=O)[C@@]12CO[C@@H]3[C@H]1[C@]1(COC(=O)C[C@H]1[C@](C)(C1=C(C)[C@H]4C[C@@H]1O[C@H]1OC[C@H]5OC(c6ccc(OC)cc6)O[C@]145)[C@H]3O)[C@@H]1C[C@H]2O[C@@H](c2ccccc2)O1. The highest BCUT2D eigenvalue weighted by molar-refractivity contribution is 5.80. The number of hydrogen-bond acceptors (Lipinski definition) is 13. The Labute approximate surface area is 318 Å². The lowest BCUT2D eigenvalue weighted by Gasteiger charge is -2.69. The lowest BCUT2D eigenvalue weighted by atomic mass is 9.38. The molecular weight excluding hydrogens is 712 g/mol. The summed E-state index contributed by atoms with van der Waals surface area (Å²) in [4.78, 5) is 27.9. The first-order valence-electron chi connectivity index (χ1n) is 19.5. The van der Waals surface area contributed by atoms with Crippen molar-refractivity contribution in [3.63, 3.8) is 0 Å². The molecule has 0 radical (unpaired) electrons. The Morgan fingerprint density at radius 3 is 2.38 bits per heavy atom. The molecule has 292 valence electrons. The zero-order chi connectivity index (χ0) is 37.6. The van der Waals surface area contributed by atoms with Gasteiger partial charge in [-0.25, -0.2) is 0 Å². The highest BCUT2D eigenvalue weighted by Gasteiger charge is 2.83. The van der Waals surface area contributed by atoms with Crippen LogP contribution in [-0.4, -0.2) is 99.6 Å². The molecule has 13 nitrogen and oxygen atoms in total. The van der Waals surface area contributed by atoms with Gasteiger partial charge in [0.1, 0.15) is 23.9 Å². The molecule has 11 rings (SSSR count). The molecule has 1 N–H and O–H groups in total. The van der Waals surface area contributed by atoms with E-state index in [1.54, 1.807) is 7.11 Å². The average molecular weight is 759 g/mol. The first kappa shape index (κ1) is 34.8. The van der Waals surface area contributed by atoms with Crippen LogP contribution in [0.2, 0.25) is 0 Å². The van der Waals surface area contributed by atoms with Crippen molar-refractivity contribution in [3.05, 3.63) is 76.9 Å². The molecule has 6 heterocycles. The van der Waals surface area contributed by atoms with E-state index in [4.69, 9.17) is 47.4 Å². The zero-order valence-electron chi connectivity index (χ0n) is 31.2.